The first-order chi connectivity index (χ1) is 22.5. The molecule has 6 nitrogen and oxygen atoms in total. The summed E-state index contributed by atoms with van der Waals surface area (Å²) in [5.41, 5.74) is 0. The average molecular weight is 709 g/mol. The van der Waals surface area contributed by atoms with E-state index in [1.165, 1.54) is 6.42 Å². The van der Waals surface area contributed by atoms with E-state index in [1.54, 1.807) is 0 Å². The minimum absolute atomic E-state index is 0. The Labute approximate surface area is 306 Å². The summed E-state index contributed by atoms with van der Waals surface area (Å²) in [6.45, 7) is 41.0. The first kappa shape index (κ1) is 62.3. The molecule has 0 spiro atoms. The topological polar surface area (TPSA) is 55.4 Å². The van der Waals surface area contributed by atoms with Crippen molar-refractivity contribution in [3.8, 4) is 0 Å². The van der Waals surface area contributed by atoms with Crippen LogP contribution in [-0.2, 0) is 27.8 Å². The molecule has 0 aromatic heterocycles. The van der Waals surface area contributed by atoms with Crippen LogP contribution in [0.4, 0.5) is 0 Å². The van der Waals surface area contributed by atoms with E-state index < -0.39 is 8.56 Å². The van der Waals surface area contributed by atoms with Gasteiger partial charge in [-0.3, -0.25) is 0 Å². The Kier molecular flexibility index (Phi) is 75.9. The van der Waals surface area contributed by atoms with E-state index in [0.717, 1.165) is 78.2 Å². The highest BCUT2D eigenvalue weighted by Crippen LogP contribution is 2.07. The first-order valence-electron chi connectivity index (χ1n) is 19.2. The Balaban J connectivity index is -0.0000000886. The van der Waals surface area contributed by atoms with E-state index in [2.05, 4.69) is 89.3 Å². The first-order valence-corrected chi connectivity index (χ1v) is 22.1. The highest BCUT2D eigenvalue weighted by molar-refractivity contribution is 6.64. The fraction of sp³-hybridized carbons (Fsp3) is 0.854. The number of hydrogen-bond donors (Lipinski definition) is 0. The molecule has 0 aliphatic carbocycles. The molecule has 0 bridgehead atoms. The normalized spacial score (nSPS) is 11.4. The molecule has 0 aliphatic heterocycles. The summed E-state index contributed by atoms with van der Waals surface area (Å²) in [5.74, 6) is 0. The third kappa shape index (κ3) is 71.3. The zero-order chi connectivity index (χ0) is 37.6. The van der Waals surface area contributed by atoms with Gasteiger partial charge in [0, 0.05) is 26.4 Å². The molecule has 0 radical (unpaired) electrons. The molecule has 1 rings (SSSR count). The lowest BCUT2D eigenvalue weighted by atomic mass is 10.3. The van der Waals surface area contributed by atoms with Gasteiger partial charge in [0.1, 0.15) is 0 Å². The van der Waals surface area contributed by atoms with Crippen molar-refractivity contribution in [2.45, 2.75) is 188 Å². The number of benzene rings is 1. The zero-order valence-corrected chi connectivity index (χ0v) is 36.0. The van der Waals surface area contributed by atoms with E-state index in [1.807, 2.05) is 64.1 Å². The maximum atomic E-state index is 5.67. The van der Waals surface area contributed by atoms with Crippen molar-refractivity contribution >= 4 is 8.56 Å². The van der Waals surface area contributed by atoms with Crippen LogP contribution in [-0.4, -0.2) is 73.1 Å². The molecule has 0 aliphatic rings. The van der Waals surface area contributed by atoms with Gasteiger partial charge in [-0.05, 0) is 72.4 Å². The van der Waals surface area contributed by atoms with Crippen molar-refractivity contribution in [3.63, 3.8) is 0 Å². The quantitative estimate of drug-likeness (QED) is 0.0993. The Morgan fingerprint density at radius 3 is 1.06 bits per heavy atom. The lowest BCUT2D eigenvalue weighted by Crippen LogP contribution is -2.35. The van der Waals surface area contributed by atoms with E-state index in [4.69, 9.17) is 27.8 Å². The van der Waals surface area contributed by atoms with Gasteiger partial charge >= 0.3 is 8.56 Å². The van der Waals surface area contributed by atoms with Crippen LogP contribution >= 0.6 is 0 Å². The average Bonchev–Trinajstić information content (AvgIpc) is 3.10. The van der Waals surface area contributed by atoms with Crippen LogP contribution in [0.15, 0.2) is 36.4 Å². The van der Waals surface area contributed by atoms with Gasteiger partial charge in [0.25, 0.3) is 0 Å². The molecular weight excluding hydrogens is 617 g/mol. The molecule has 1 aromatic carbocycles. The van der Waals surface area contributed by atoms with E-state index >= 15 is 0 Å². The van der Waals surface area contributed by atoms with Gasteiger partial charge in [-0.2, -0.15) is 0 Å². The van der Waals surface area contributed by atoms with E-state index in [0.29, 0.717) is 18.8 Å². The Hall–Kier alpha value is -0.803. The molecular formula is C41H92O6Si. The number of hydrogen-bond acceptors (Lipinski definition) is 6. The minimum Gasteiger partial charge on any atom is -0.395 e. The van der Waals surface area contributed by atoms with Crippen molar-refractivity contribution < 1.29 is 27.8 Å². The van der Waals surface area contributed by atoms with Gasteiger partial charge in [0.05, 0.1) is 38.1 Å². The second kappa shape index (κ2) is 58.4. The second-order valence-electron chi connectivity index (χ2n) is 10.9. The molecule has 0 heterocycles. The summed E-state index contributed by atoms with van der Waals surface area (Å²) in [4.78, 5) is 0. The van der Waals surface area contributed by atoms with E-state index in [-0.39, 0.29) is 13.5 Å². The predicted octanol–water partition coefficient (Wildman–Crippen LogP) is 13.2. The van der Waals surface area contributed by atoms with Crippen LogP contribution < -0.4 is 0 Å². The van der Waals surface area contributed by atoms with Crippen LogP contribution in [0.5, 0.6) is 0 Å². The number of ether oxygens (including phenoxy) is 4. The van der Waals surface area contributed by atoms with Gasteiger partial charge < -0.3 is 27.8 Å². The molecule has 0 N–H and O–H groups in total. The largest absolute Gasteiger partial charge is 0.395 e. The molecule has 3 atom stereocenters. The Morgan fingerprint density at radius 1 is 0.479 bits per heavy atom. The number of rotatable bonds is 20. The summed E-state index contributed by atoms with van der Waals surface area (Å²) in [7, 11) is -1.75. The molecule has 0 saturated carbocycles. The Bertz CT molecular complexity index is 533. The van der Waals surface area contributed by atoms with Crippen LogP contribution in [0.3, 0.4) is 0 Å². The van der Waals surface area contributed by atoms with Gasteiger partial charge in [-0.1, -0.05) is 133 Å². The van der Waals surface area contributed by atoms with Crippen LogP contribution in [0.2, 0.25) is 13.1 Å². The Morgan fingerprint density at radius 2 is 0.792 bits per heavy atom. The standard InChI is InChI=1S/C11H24O2.C8H20O2Si.C8H18O2.C6H6.C3H8.2C2H6.CH4/c1-6-9(3)12-8-11(5)13-10(4)7-2;1-5-7-9-11(3,4)10-8-6-2;1-3-5-9-7-8-10-6-4-2;1-2-4-6-5-3-1;1-3-2;2*1-2;/h9-11H,6-8H2,1-5H3;5-8H2,1-4H3;3-8H2,1-2H3;1-6H;3H2,1-2H3;2*1-2H3;1H4. The summed E-state index contributed by atoms with van der Waals surface area (Å²) in [6.07, 6.45) is 8.62. The molecule has 1 aromatic rings. The molecule has 48 heavy (non-hydrogen) atoms. The fourth-order valence-corrected chi connectivity index (χ4v) is 4.16. The third-order valence-electron chi connectivity index (χ3n) is 5.27. The molecule has 0 amide bonds. The van der Waals surface area contributed by atoms with Crippen LogP contribution in [0, 0.1) is 0 Å². The summed E-state index contributed by atoms with van der Waals surface area (Å²) >= 11 is 0. The fourth-order valence-electron chi connectivity index (χ4n) is 2.68. The lowest BCUT2D eigenvalue weighted by Gasteiger charge is -2.21. The van der Waals surface area contributed by atoms with E-state index in [9.17, 15) is 0 Å². The minimum atomic E-state index is -1.75. The molecule has 7 heteroatoms. The van der Waals surface area contributed by atoms with Gasteiger partial charge in [0.15, 0.2) is 0 Å². The second-order valence-corrected chi connectivity index (χ2v) is 14.3. The van der Waals surface area contributed by atoms with Gasteiger partial charge in [-0.25, -0.2) is 0 Å². The molecule has 296 valence electrons. The smallest absolute Gasteiger partial charge is 0.331 e. The maximum Gasteiger partial charge on any atom is 0.331 e. The summed E-state index contributed by atoms with van der Waals surface area (Å²) < 4.78 is 32.8. The highest BCUT2D eigenvalue weighted by atomic mass is 28.4. The molecule has 0 saturated heterocycles. The van der Waals surface area contributed by atoms with Gasteiger partial charge in [0.2, 0.25) is 0 Å². The van der Waals surface area contributed by atoms with Crippen molar-refractivity contribution in [1.82, 2.24) is 0 Å². The molecule has 0 fully saturated rings. The summed E-state index contributed by atoms with van der Waals surface area (Å²) in [6, 6.07) is 12.0. The van der Waals surface area contributed by atoms with Crippen molar-refractivity contribution in [3.05, 3.63) is 36.4 Å². The maximum absolute atomic E-state index is 5.67. The van der Waals surface area contributed by atoms with Crippen molar-refractivity contribution in [2.24, 2.45) is 0 Å². The SMILES string of the molecule is C.CC.CC.CCC.CCC(C)OCC(C)OC(C)CC.CCCOCCOCCC.CCCO[Si](C)(C)OCCC.c1ccccc1. The van der Waals surface area contributed by atoms with Crippen molar-refractivity contribution in [2.75, 3.05) is 46.2 Å². The lowest BCUT2D eigenvalue weighted by molar-refractivity contribution is -0.0596. The monoisotopic (exact) mass is 709 g/mol. The van der Waals surface area contributed by atoms with Crippen LogP contribution in [0.1, 0.15) is 156 Å². The summed E-state index contributed by atoms with van der Waals surface area (Å²) in [5, 5.41) is 0. The third-order valence-corrected chi connectivity index (χ3v) is 7.07. The highest BCUT2D eigenvalue weighted by Gasteiger charge is 2.23. The molecule has 3 unspecified atom stereocenters. The van der Waals surface area contributed by atoms with Crippen LogP contribution in [0.25, 0.3) is 0 Å². The van der Waals surface area contributed by atoms with Gasteiger partial charge in [-0.15, -0.1) is 0 Å². The zero-order valence-electron chi connectivity index (χ0n) is 35.0. The van der Waals surface area contributed by atoms with Crippen molar-refractivity contribution in [1.29, 1.82) is 0 Å². The predicted molar refractivity (Wildman–Crippen MR) is 220 cm³/mol.